The van der Waals surface area contributed by atoms with E-state index in [4.69, 9.17) is 8.85 Å². The van der Waals surface area contributed by atoms with Crippen LogP contribution in [0.4, 0.5) is 0 Å². The van der Waals surface area contributed by atoms with Crippen molar-refractivity contribution in [1.29, 1.82) is 0 Å². The molecule has 2 aromatic rings. The minimum atomic E-state index is -2.21. The van der Waals surface area contributed by atoms with E-state index >= 15 is 0 Å². The van der Waals surface area contributed by atoms with Gasteiger partial charge in [0.15, 0.2) is 0 Å². The Balaban J connectivity index is 2.20. The fraction of sp³-hybridized carbons (Fsp3) is 0.600. The largest absolute Gasteiger partial charge is 0.408 e. The summed E-state index contributed by atoms with van der Waals surface area (Å²) in [6.45, 7) is 23.3. The molecule has 34 heavy (non-hydrogen) atoms. The van der Waals surface area contributed by atoms with E-state index in [2.05, 4.69) is 92.6 Å². The van der Waals surface area contributed by atoms with Gasteiger partial charge in [0, 0.05) is 0 Å². The molecule has 0 bridgehead atoms. The molecule has 0 spiro atoms. The Morgan fingerprint density at radius 2 is 1.18 bits per heavy atom. The third-order valence-electron chi connectivity index (χ3n) is 8.79. The zero-order chi connectivity index (χ0) is 24.8. The van der Waals surface area contributed by atoms with Crippen LogP contribution in [-0.2, 0) is 28.5 Å². The highest BCUT2D eigenvalue weighted by Crippen LogP contribution is 2.47. The molecule has 2 heterocycles. The molecular weight excluding hydrogens is 449 g/mol. The molecule has 0 aliphatic carbocycles. The second kappa shape index (κ2) is 9.68. The molecule has 4 heteroatoms. The van der Waals surface area contributed by atoms with E-state index in [1.54, 1.807) is 21.5 Å². The summed E-state index contributed by atoms with van der Waals surface area (Å²) < 4.78 is 14.3. The van der Waals surface area contributed by atoms with Gasteiger partial charge in [-0.05, 0) is 73.2 Å². The molecule has 0 amide bonds. The Hall–Kier alpha value is -1.21. The van der Waals surface area contributed by atoms with Gasteiger partial charge in [0.25, 0.3) is 0 Å². The molecule has 186 valence electrons. The topological polar surface area (TPSA) is 18.5 Å². The molecule has 0 N–H and O–H groups in total. The van der Waals surface area contributed by atoms with Crippen molar-refractivity contribution in [1.82, 2.24) is 0 Å². The van der Waals surface area contributed by atoms with Crippen molar-refractivity contribution in [3.05, 3.63) is 47.0 Å². The van der Waals surface area contributed by atoms with E-state index in [0.717, 1.165) is 19.6 Å². The van der Waals surface area contributed by atoms with E-state index in [9.17, 15) is 0 Å². The first-order valence-corrected chi connectivity index (χ1v) is 17.8. The van der Waals surface area contributed by atoms with Crippen molar-refractivity contribution < 1.29 is 8.85 Å². The van der Waals surface area contributed by atoms with Gasteiger partial charge in [0.2, 0.25) is 16.6 Å². The summed E-state index contributed by atoms with van der Waals surface area (Å²) in [5.41, 5.74) is 9.67. The van der Waals surface area contributed by atoms with E-state index in [-0.39, 0.29) is 0 Å². The van der Waals surface area contributed by atoms with Gasteiger partial charge in [0.1, 0.15) is 0 Å². The van der Waals surface area contributed by atoms with Gasteiger partial charge >= 0.3 is 0 Å². The number of unbranched alkanes of at least 4 members (excludes halogenated alkanes) is 1. The van der Waals surface area contributed by atoms with Gasteiger partial charge in [-0.2, -0.15) is 0 Å². The van der Waals surface area contributed by atoms with Crippen molar-refractivity contribution in [2.75, 3.05) is 0 Å². The standard InChI is InChI=1S/C30H46O2Si2/c1-10-11-17-25-26-18-31-33(20(2)3,21(4)5)29(26)30-27(28(25)24-15-13-12-14-16-24)19-32-34(30,22(6)7)23(8)9/h12-16,20-23H,10-11,17-19H2,1-9H3. The Morgan fingerprint density at radius 1 is 0.706 bits per heavy atom. The highest BCUT2D eigenvalue weighted by molar-refractivity contribution is 6.99. The SMILES string of the molecule is CCCCc1c2c(c3c(c1-c1ccccc1)CO[Si]3(C(C)C)C(C)C)[Si](C(C)C)(C(C)C)OC2. The van der Waals surface area contributed by atoms with Gasteiger partial charge in [-0.3, -0.25) is 0 Å². The van der Waals surface area contributed by atoms with Crippen molar-refractivity contribution >= 4 is 27.0 Å². The number of hydrogen-bond donors (Lipinski definition) is 0. The van der Waals surface area contributed by atoms with E-state index in [0.29, 0.717) is 22.2 Å². The molecule has 0 saturated carbocycles. The van der Waals surface area contributed by atoms with Crippen LogP contribution in [0.5, 0.6) is 0 Å². The van der Waals surface area contributed by atoms with Crippen LogP contribution in [0, 0.1) is 0 Å². The molecule has 4 rings (SSSR count). The van der Waals surface area contributed by atoms with E-state index in [1.165, 1.54) is 29.5 Å². The lowest BCUT2D eigenvalue weighted by molar-refractivity contribution is 0.297. The van der Waals surface area contributed by atoms with Gasteiger partial charge in [-0.15, -0.1) is 0 Å². The van der Waals surface area contributed by atoms with Crippen LogP contribution < -0.4 is 10.4 Å². The van der Waals surface area contributed by atoms with Crippen LogP contribution in [0.25, 0.3) is 11.1 Å². The molecule has 2 aliphatic heterocycles. The average molecular weight is 495 g/mol. The van der Waals surface area contributed by atoms with Crippen molar-refractivity contribution in [2.24, 2.45) is 0 Å². The van der Waals surface area contributed by atoms with Crippen molar-refractivity contribution in [3.8, 4) is 11.1 Å². The predicted octanol–water partition coefficient (Wildman–Crippen LogP) is 7.70. The monoisotopic (exact) mass is 494 g/mol. The fourth-order valence-corrected chi connectivity index (χ4v) is 18.3. The summed E-state index contributed by atoms with van der Waals surface area (Å²) in [6, 6.07) is 11.2. The van der Waals surface area contributed by atoms with E-state index in [1.807, 2.05) is 0 Å². The maximum absolute atomic E-state index is 7.14. The Morgan fingerprint density at radius 3 is 1.65 bits per heavy atom. The molecular formula is C30H46O2Si2. The van der Waals surface area contributed by atoms with Crippen LogP contribution in [0.2, 0.25) is 22.2 Å². The van der Waals surface area contributed by atoms with E-state index < -0.39 is 16.6 Å². The van der Waals surface area contributed by atoms with Crippen molar-refractivity contribution in [3.63, 3.8) is 0 Å². The summed E-state index contributed by atoms with van der Waals surface area (Å²) in [5.74, 6) is 0. The molecule has 0 atom stereocenters. The molecule has 0 radical (unpaired) electrons. The lowest BCUT2D eigenvalue weighted by atomic mass is 9.88. The zero-order valence-corrected chi connectivity index (χ0v) is 25.0. The first-order valence-electron chi connectivity index (χ1n) is 13.7. The van der Waals surface area contributed by atoms with Gasteiger partial charge in [-0.25, -0.2) is 0 Å². The maximum atomic E-state index is 7.14. The molecule has 2 nitrogen and oxygen atoms in total. The summed E-state index contributed by atoms with van der Waals surface area (Å²) in [6.07, 6.45) is 3.57. The molecule has 2 aromatic carbocycles. The summed E-state index contributed by atoms with van der Waals surface area (Å²) in [4.78, 5) is 0. The van der Waals surface area contributed by atoms with Crippen molar-refractivity contribution in [2.45, 2.75) is 117 Å². The minimum absolute atomic E-state index is 0.537. The lowest BCUT2D eigenvalue weighted by Gasteiger charge is -2.41. The number of fused-ring (bicyclic) bond motifs is 3. The Labute approximate surface area is 210 Å². The quantitative estimate of drug-likeness (QED) is 0.350. The third kappa shape index (κ3) is 3.63. The first kappa shape index (κ1) is 25.9. The maximum Gasteiger partial charge on any atom is 0.230 e. The average Bonchev–Trinajstić information content (AvgIpc) is 3.38. The summed E-state index contributed by atoms with van der Waals surface area (Å²) in [5, 5.41) is 3.35. The summed E-state index contributed by atoms with van der Waals surface area (Å²) in [7, 11) is -4.39. The van der Waals surface area contributed by atoms with Crippen LogP contribution in [0.15, 0.2) is 30.3 Å². The van der Waals surface area contributed by atoms with Gasteiger partial charge < -0.3 is 8.85 Å². The highest BCUT2D eigenvalue weighted by Gasteiger charge is 2.59. The second-order valence-corrected chi connectivity index (χ2v) is 21.2. The smallest absolute Gasteiger partial charge is 0.230 e. The van der Waals surface area contributed by atoms with Gasteiger partial charge in [0.05, 0.1) is 13.2 Å². The predicted molar refractivity (Wildman–Crippen MR) is 151 cm³/mol. The number of hydrogen-bond acceptors (Lipinski definition) is 2. The molecule has 2 aliphatic rings. The third-order valence-corrected chi connectivity index (χ3v) is 19.8. The highest BCUT2D eigenvalue weighted by atomic mass is 28.4. The minimum Gasteiger partial charge on any atom is -0.408 e. The van der Waals surface area contributed by atoms with Crippen LogP contribution in [0.3, 0.4) is 0 Å². The Bertz CT molecular complexity index is 1010. The summed E-state index contributed by atoms with van der Waals surface area (Å²) >= 11 is 0. The molecule has 0 saturated heterocycles. The normalized spacial score (nSPS) is 18.4. The molecule has 0 fully saturated rings. The Kier molecular flexibility index (Phi) is 7.37. The number of benzene rings is 2. The van der Waals surface area contributed by atoms with Gasteiger partial charge in [-0.1, -0.05) is 99.1 Å². The lowest BCUT2D eigenvalue weighted by Crippen LogP contribution is -2.66. The fourth-order valence-electron chi connectivity index (χ4n) is 7.34. The zero-order valence-electron chi connectivity index (χ0n) is 23.0. The first-order chi connectivity index (χ1) is 16.1. The van der Waals surface area contributed by atoms with Crippen LogP contribution in [0.1, 0.15) is 91.8 Å². The molecule has 0 aromatic heterocycles. The second-order valence-electron chi connectivity index (χ2n) is 11.8. The number of rotatable bonds is 8. The van der Waals surface area contributed by atoms with Crippen LogP contribution in [-0.4, -0.2) is 16.6 Å². The molecule has 0 unspecified atom stereocenters. The van der Waals surface area contributed by atoms with Crippen LogP contribution >= 0.6 is 0 Å².